The van der Waals surface area contributed by atoms with Crippen molar-refractivity contribution in [3.8, 4) is 0 Å². The van der Waals surface area contributed by atoms with E-state index in [0.717, 1.165) is 4.57 Å². The van der Waals surface area contributed by atoms with E-state index >= 15 is 0 Å². The van der Waals surface area contributed by atoms with Crippen LogP contribution in [0.5, 0.6) is 0 Å². The molecule has 0 saturated carbocycles. The Morgan fingerprint density at radius 3 is 2.45 bits per heavy atom. The molecule has 1 atom stereocenters. The zero-order chi connectivity index (χ0) is 16.6. The third-order valence-corrected chi connectivity index (χ3v) is 3.65. The number of nitrogens with zero attached hydrogens (tertiary/aromatic N) is 4. The van der Waals surface area contributed by atoms with Gasteiger partial charge in [-0.3, -0.25) is 18.7 Å². The first-order valence-corrected chi connectivity index (χ1v) is 7.16. The number of imidazole rings is 1. The second kappa shape index (κ2) is 5.78. The normalized spacial score (nSPS) is 12.8. The average molecular weight is 307 g/mol. The minimum atomic E-state index is -0.589. The molecular formula is C14H21N5O3. The van der Waals surface area contributed by atoms with Gasteiger partial charge in [-0.2, -0.15) is 0 Å². The highest BCUT2D eigenvalue weighted by molar-refractivity contribution is 5.82. The van der Waals surface area contributed by atoms with Crippen molar-refractivity contribution in [3.63, 3.8) is 0 Å². The second-order valence-electron chi connectivity index (χ2n) is 5.84. The van der Waals surface area contributed by atoms with Crippen LogP contribution in [0.25, 0.3) is 11.2 Å². The summed E-state index contributed by atoms with van der Waals surface area (Å²) in [5.41, 5.74) is -0.382. The van der Waals surface area contributed by atoms with Crippen molar-refractivity contribution >= 4 is 17.1 Å². The van der Waals surface area contributed by atoms with E-state index in [-0.39, 0.29) is 17.1 Å². The molecule has 1 amide bonds. The first kappa shape index (κ1) is 16.0. The van der Waals surface area contributed by atoms with Gasteiger partial charge in [0, 0.05) is 20.6 Å². The summed E-state index contributed by atoms with van der Waals surface area (Å²) in [5.74, 6) is 0.147. The smallest absolute Gasteiger partial charge is 0.332 e. The predicted octanol–water partition coefficient (Wildman–Crippen LogP) is -0.233. The summed E-state index contributed by atoms with van der Waals surface area (Å²) in [5, 5.41) is 2.83. The van der Waals surface area contributed by atoms with E-state index < -0.39 is 17.3 Å². The molecule has 0 unspecified atom stereocenters. The Labute approximate surface area is 127 Å². The summed E-state index contributed by atoms with van der Waals surface area (Å²) in [6, 6.07) is -0.589. The lowest BCUT2D eigenvalue weighted by atomic mass is 10.2. The molecule has 120 valence electrons. The highest BCUT2D eigenvalue weighted by Gasteiger charge is 2.21. The number of hydrogen-bond acceptors (Lipinski definition) is 4. The maximum absolute atomic E-state index is 12.3. The number of fused-ring (bicyclic) bond motifs is 1. The molecule has 0 aliphatic carbocycles. The minimum Gasteiger partial charge on any atom is -0.354 e. The molecule has 0 aliphatic heterocycles. The number of aromatic nitrogens is 4. The van der Waals surface area contributed by atoms with E-state index in [4.69, 9.17) is 0 Å². The van der Waals surface area contributed by atoms with Crippen LogP contribution in [0.4, 0.5) is 0 Å². The largest absolute Gasteiger partial charge is 0.354 e. The molecule has 0 fully saturated rings. The Balaban J connectivity index is 2.52. The fourth-order valence-electron chi connectivity index (χ4n) is 2.24. The van der Waals surface area contributed by atoms with Gasteiger partial charge in [0.15, 0.2) is 11.2 Å². The van der Waals surface area contributed by atoms with Crippen molar-refractivity contribution < 1.29 is 4.79 Å². The SMILES string of the molecule is CC(C)CNC(=O)[C@H](C)n1cnc2c1c(=O)n(C)c(=O)n2C. The number of hydrogen-bond donors (Lipinski definition) is 1. The fourth-order valence-corrected chi connectivity index (χ4v) is 2.24. The quantitative estimate of drug-likeness (QED) is 0.844. The van der Waals surface area contributed by atoms with Crippen molar-refractivity contribution in [3.05, 3.63) is 27.2 Å². The molecule has 8 nitrogen and oxygen atoms in total. The molecule has 0 saturated heterocycles. The Bertz CT molecular complexity index is 827. The fraction of sp³-hybridized carbons (Fsp3) is 0.571. The lowest BCUT2D eigenvalue weighted by molar-refractivity contribution is -0.123. The van der Waals surface area contributed by atoms with Gasteiger partial charge in [0.25, 0.3) is 5.56 Å². The van der Waals surface area contributed by atoms with E-state index in [2.05, 4.69) is 10.3 Å². The van der Waals surface area contributed by atoms with Gasteiger partial charge in [0.1, 0.15) is 6.04 Å². The zero-order valence-corrected chi connectivity index (χ0v) is 13.5. The van der Waals surface area contributed by atoms with Crippen LogP contribution >= 0.6 is 0 Å². The first-order chi connectivity index (χ1) is 10.3. The highest BCUT2D eigenvalue weighted by Crippen LogP contribution is 2.13. The number of amides is 1. The highest BCUT2D eigenvalue weighted by atomic mass is 16.2. The molecule has 8 heteroatoms. The van der Waals surface area contributed by atoms with Crippen LogP contribution < -0.4 is 16.6 Å². The van der Waals surface area contributed by atoms with Crippen molar-refractivity contribution in [2.45, 2.75) is 26.8 Å². The minimum absolute atomic E-state index is 0.191. The summed E-state index contributed by atoms with van der Waals surface area (Å²) >= 11 is 0. The Kier molecular flexibility index (Phi) is 4.20. The predicted molar refractivity (Wildman–Crippen MR) is 82.8 cm³/mol. The maximum atomic E-state index is 12.3. The van der Waals surface area contributed by atoms with E-state index in [0.29, 0.717) is 12.5 Å². The molecule has 0 aliphatic rings. The van der Waals surface area contributed by atoms with Crippen molar-refractivity contribution in [1.82, 2.24) is 24.0 Å². The van der Waals surface area contributed by atoms with Gasteiger partial charge < -0.3 is 9.88 Å². The molecule has 2 aromatic rings. The zero-order valence-electron chi connectivity index (χ0n) is 13.5. The van der Waals surface area contributed by atoms with Crippen LogP contribution in [0.2, 0.25) is 0 Å². The van der Waals surface area contributed by atoms with Gasteiger partial charge >= 0.3 is 5.69 Å². The molecule has 0 spiro atoms. The Morgan fingerprint density at radius 1 is 1.23 bits per heavy atom. The number of nitrogens with one attached hydrogen (secondary N) is 1. The van der Waals surface area contributed by atoms with Crippen molar-refractivity contribution in [2.24, 2.45) is 20.0 Å². The molecule has 0 radical (unpaired) electrons. The Hall–Kier alpha value is -2.38. The molecule has 0 aromatic carbocycles. The maximum Gasteiger partial charge on any atom is 0.332 e. The van der Waals surface area contributed by atoms with Crippen LogP contribution in [-0.4, -0.2) is 31.1 Å². The number of carbonyl (C=O) groups excluding carboxylic acids is 1. The van der Waals surface area contributed by atoms with Crippen LogP contribution in [0, 0.1) is 5.92 Å². The Morgan fingerprint density at radius 2 is 1.86 bits per heavy atom. The second-order valence-corrected chi connectivity index (χ2v) is 5.84. The van der Waals surface area contributed by atoms with Gasteiger partial charge in [-0.1, -0.05) is 13.8 Å². The third-order valence-electron chi connectivity index (χ3n) is 3.65. The molecule has 22 heavy (non-hydrogen) atoms. The van der Waals surface area contributed by atoms with Crippen LogP contribution in [-0.2, 0) is 18.9 Å². The monoisotopic (exact) mass is 307 g/mol. The summed E-state index contributed by atoms with van der Waals surface area (Å²) in [4.78, 5) is 40.5. The van der Waals surface area contributed by atoms with E-state index in [1.807, 2.05) is 13.8 Å². The van der Waals surface area contributed by atoms with E-state index in [1.165, 1.54) is 22.5 Å². The van der Waals surface area contributed by atoms with Gasteiger partial charge in [-0.05, 0) is 12.8 Å². The summed E-state index contributed by atoms with van der Waals surface area (Å²) < 4.78 is 3.82. The van der Waals surface area contributed by atoms with Crippen LogP contribution in [0.15, 0.2) is 15.9 Å². The number of carbonyl (C=O) groups is 1. The number of aryl methyl sites for hydroxylation is 1. The van der Waals surface area contributed by atoms with Gasteiger partial charge in [-0.25, -0.2) is 9.78 Å². The van der Waals surface area contributed by atoms with Gasteiger partial charge in [0.2, 0.25) is 5.91 Å². The number of rotatable bonds is 4. The van der Waals surface area contributed by atoms with Gasteiger partial charge in [-0.15, -0.1) is 0 Å². The summed E-state index contributed by atoms with van der Waals surface area (Å²) in [6.45, 7) is 6.26. The van der Waals surface area contributed by atoms with Crippen LogP contribution in [0.1, 0.15) is 26.8 Å². The van der Waals surface area contributed by atoms with Crippen molar-refractivity contribution in [2.75, 3.05) is 6.54 Å². The van der Waals surface area contributed by atoms with E-state index in [1.54, 1.807) is 14.0 Å². The topological polar surface area (TPSA) is 90.9 Å². The van der Waals surface area contributed by atoms with Gasteiger partial charge in [0.05, 0.1) is 6.33 Å². The summed E-state index contributed by atoms with van der Waals surface area (Å²) in [6.07, 6.45) is 1.42. The molecular weight excluding hydrogens is 286 g/mol. The lowest BCUT2D eigenvalue weighted by Crippen LogP contribution is -2.39. The molecule has 2 rings (SSSR count). The summed E-state index contributed by atoms with van der Waals surface area (Å²) in [7, 11) is 2.95. The first-order valence-electron chi connectivity index (χ1n) is 7.16. The average Bonchev–Trinajstić information content (AvgIpc) is 2.92. The molecule has 2 heterocycles. The third kappa shape index (κ3) is 2.56. The molecule has 1 N–H and O–H groups in total. The molecule has 2 aromatic heterocycles. The molecule has 0 bridgehead atoms. The van der Waals surface area contributed by atoms with Crippen molar-refractivity contribution in [1.29, 1.82) is 0 Å². The van der Waals surface area contributed by atoms with Crippen LogP contribution in [0.3, 0.4) is 0 Å². The lowest BCUT2D eigenvalue weighted by Gasteiger charge is -2.15. The van der Waals surface area contributed by atoms with E-state index in [9.17, 15) is 14.4 Å². The standard InChI is InChI=1S/C14H21N5O3/c1-8(2)6-15-12(20)9(3)19-7-16-11-10(19)13(21)18(5)14(22)17(11)4/h7-9H,6H2,1-5H3,(H,15,20)/t9-/m0/s1.